The summed E-state index contributed by atoms with van der Waals surface area (Å²) in [5.41, 5.74) is 3.19. The second kappa shape index (κ2) is 7.56. The summed E-state index contributed by atoms with van der Waals surface area (Å²) < 4.78 is 6.73. The van der Waals surface area contributed by atoms with E-state index in [1.54, 1.807) is 0 Å². The van der Waals surface area contributed by atoms with E-state index < -0.39 is 0 Å². The number of hydrogen-bond donors (Lipinski definition) is 0. The number of hydrogen-bond acceptors (Lipinski definition) is 3. The van der Waals surface area contributed by atoms with E-state index in [2.05, 4.69) is 25.3 Å². The fraction of sp³-hybridized carbons (Fsp3) is 0.412. The van der Waals surface area contributed by atoms with Gasteiger partial charge in [-0.1, -0.05) is 24.6 Å². The van der Waals surface area contributed by atoms with Crippen LogP contribution >= 0.6 is 11.6 Å². The molecule has 1 saturated heterocycles. The number of imidazole rings is 1. The Morgan fingerprint density at radius 3 is 2.64 bits per heavy atom. The Morgan fingerprint density at radius 1 is 1.05 bits per heavy atom. The minimum Gasteiger partial charge on any atom is -0.377 e. The Hall–Kier alpha value is -1.65. The molecule has 1 aliphatic heterocycles. The van der Waals surface area contributed by atoms with Crippen molar-refractivity contribution in [2.45, 2.75) is 25.8 Å². The van der Waals surface area contributed by atoms with Crippen LogP contribution in [0, 0.1) is 0 Å². The number of epoxide rings is 1. The van der Waals surface area contributed by atoms with Gasteiger partial charge in [-0.25, -0.2) is 4.98 Å². The van der Waals surface area contributed by atoms with Crippen molar-refractivity contribution >= 4 is 33.5 Å². The van der Waals surface area contributed by atoms with Crippen LogP contribution in [-0.2, 0) is 11.3 Å². The number of aryl methyl sites for hydroxylation is 1. The first-order valence-electron chi connectivity index (χ1n) is 7.72. The lowest BCUT2D eigenvalue weighted by Gasteiger charge is -2.06. The lowest BCUT2D eigenvalue weighted by molar-refractivity contribution is 0.475. The summed E-state index contributed by atoms with van der Waals surface area (Å²) >= 11 is 5.71. The molecule has 5 heteroatoms. The zero-order chi connectivity index (χ0) is 15.2. The van der Waals surface area contributed by atoms with Crippen LogP contribution in [0.15, 0.2) is 36.8 Å². The van der Waals surface area contributed by atoms with Gasteiger partial charge in [-0.15, -0.1) is 11.6 Å². The molecule has 0 aliphatic carbocycles. The van der Waals surface area contributed by atoms with Crippen LogP contribution in [0.1, 0.15) is 19.3 Å². The van der Waals surface area contributed by atoms with E-state index in [4.69, 9.17) is 11.6 Å². The van der Waals surface area contributed by atoms with Crippen molar-refractivity contribution in [1.82, 2.24) is 14.5 Å². The minimum absolute atomic E-state index is 0.748. The molecule has 1 aliphatic rings. The first-order valence-corrected chi connectivity index (χ1v) is 8.26. The number of para-hydroxylation sites is 1. The number of rotatable bonds is 5. The van der Waals surface area contributed by atoms with Gasteiger partial charge in [0.2, 0.25) is 0 Å². The van der Waals surface area contributed by atoms with Gasteiger partial charge < -0.3 is 9.30 Å². The van der Waals surface area contributed by atoms with Crippen molar-refractivity contribution in [1.29, 1.82) is 0 Å². The second-order valence-corrected chi connectivity index (χ2v) is 5.69. The molecule has 116 valence electrons. The van der Waals surface area contributed by atoms with Crippen molar-refractivity contribution < 1.29 is 4.74 Å². The molecule has 1 fully saturated rings. The number of ether oxygens (including phenoxy) is 1. The second-order valence-electron chi connectivity index (χ2n) is 5.31. The molecule has 4 nitrogen and oxygen atoms in total. The van der Waals surface area contributed by atoms with Crippen LogP contribution in [0.5, 0.6) is 0 Å². The maximum Gasteiger partial charge on any atom is 0.107 e. The van der Waals surface area contributed by atoms with Gasteiger partial charge in [0.1, 0.15) is 5.52 Å². The maximum atomic E-state index is 5.71. The van der Waals surface area contributed by atoms with Gasteiger partial charge in [-0.3, -0.25) is 4.98 Å². The van der Waals surface area contributed by atoms with Gasteiger partial charge in [0.05, 0.1) is 36.8 Å². The minimum atomic E-state index is 0.748. The highest BCUT2D eigenvalue weighted by atomic mass is 35.5. The number of halogens is 1. The predicted octanol–water partition coefficient (Wildman–Crippen LogP) is 4.01. The summed E-state index contributed by atoms with van der Waals surface area (Å²) in [5.74, 6) is 0.748. The lowest BCUT2D eigenvalue weighted by atomic mass is 10.2. The third-order valence-electron chi connectivity index (χ3n) is 3.59. The van der Waals surface area contributed by atoms with Crippen molar-refractivity contribution in [3.05, 3.63) is 36.8 Å². The topological polar surface area (TPSA) is 43.2 Å². The zero-order valence-corrected chi connectivity index (χ0v) is 13.3. The van der Waals surface area contributed by atoms with Crippen LogP contribution in [-0.4, -0.2) is 33.6 Å². The highest BCUT2D eigenvalue weighted by Crippen LogP contribution is 2.22. The van der Waals surface area contributed by atoms with Crippen molar-refractivity contribution in [2.24, 2.45) is 0 Å². The molecule has 4 rings (SSSR count). The molecular formula is C17H20ClN3O. The summed E-state index contributed by atoms with van der Waals surface area (Å²) in [4.78, 5) is 8.88. The number of alkyl halides is 1. The van der Waals surface area contributed by atoms with Gasteiger partial charge in [-0.05, 0) is 18.9 Å². The zero-order valence-electron chi connectivity index (χ0n) is 12.5. The molecule has 0 spiro atoms. The van der Waals surface area contributed by atoms with Crippen molar-refractivity contribution in [3.8, 4) is 0 Å². The quantitative estimate of drug-likeness (QED) is 0.405. The van der Waals surface area contributed by atoms with E-state index in [1.165, 1.54) is 10.9 Å². The predicted molar refractivity (Wildman–Crippen MR) is 90.4 cm³/mol. The molecule has 3 aromatic rings. The van der Waals surface area contributed by atoms with Crippen LogP contribution in [0.25, 0.3) is 21.9 Å². The molecule has 0 N–H and O–H groups in total. The number of pyridine rings is 1. The molecule has 0 atom stereocenters. The smallest absolute Gasteiger partial charge is 0.107 e. The average molecular weight is 318 g/mol. The van der Waals surface area contributed by atoms with Gasteiger partial charge in [0, 0.05) is 17.8 Å². The molecule has 1 aromatic carbocycles. The third kappa shape index (κ3) is 3.76. The molecule has 0 saturated carbocycles. The Bertz CT molecular complexity index is 736. The summed E-state index contributed by atoms with van der Waals surface area (Å²) in [6.07, 6.45) is 7.14. The number of unbranched alkanes of at least 4 members (excludes halogenated alkanes) is 2. The van der Waals surface area contributed by atoms with E-state index in [0.29, 0.717) is 0 Å². The summed E-state index contributed by atoms with van der Waals surface area (Å²) in [5, 5.41) is 1.18. The Kier molecular flexibility index (Phi) is 5.24. The first-order chi connectivity index (χ1) is 10.9. The van der Waals surface area contributed by atoms with Gasteiger partial charge in [0.15, 0.2) is 0 Å². The summed E-state index contributed by atoms with van der Waals surface area (Å²) in [7, 11) is 0. The summed E-state index contributed by atoms with van der Waals surface area (Å²) in [6.45, 7) is 2.99. The van der Waals surface area contributed by atoms with Crippen LogP contribution in [0.3, 0.4) is 0 Å². The first kappa shape index (κ1) is 15.3. The van der Waals surface area contributed by atoms with Gasteiger partial charge in [0.25, 0.3) is 0 Å². The van der Waals surface area contributed by atoms with E-state index in [-0.39, 0.29) is 0 Å². The fourth-order valence-electron chi connectivity index (χ4n) is 2.43. The third-order valence-corrected chi connectivity index (χ3v) is 3.86. The number of nitrogens with zero attached hydrogens (tertiary/aromatic N) is 3. The van der Waals surface area contributed by atoms with E-state index in [9.17, 15) is 0 Å². The van der Waals surface area contributed by atoms with E-state index in [0.717, 1.165) is 55.9 Å². The summed E-state index contributed by atoms with van der Waals surface area (Å²) in [6, 6.07) is 8.22. The lowest BCUT2D eigenvalue weighted by Crippen LogP contribution is -1.97. The molecular weight excluding hydrogens is 298 g/mol. The van der Waals surface area contributed by atoms with E-state index in [1.807, 2.05) is 30.7 Å². The maximum absolute atomic E-state index is 5.71. The number of benzene rings is 1. The van der Waals surface area contributed by atoms with Crippen LogP contribution < -0.4 is 0 Å². The molecule has 0 radical (unpaired) electrons. The normalized spacial score (nSPS) is 13.1. The van der Waals surface area contributed by atoms with Gasteiger partial charge >= 0.3 is 0 Å². The largest absolute Gasteiger partial charge is 0.377 e. The van der Waals surface area contributed by atoms with Crippen LogP contribution in [0.4, 0.5) is 0 Å². The van der Waals surface area contributed by atoms with Crippen LogP contribution in [0.2, 0.25) is 0 Å². The molecule has 3 heterocycles. The monoisotopic (exact) mass is 317 g/mol. The highest BCUT2D eigenvalue weighted by Gasteiger charge is 2.07. The molecule has 0 bridgehead atoms. The number of fused-ring (bicyclic) bond motifs is 3. The average Bonchev–Trinajstić information content (AvgIpc) is 3.39. The Morgan fingerprint density at radius 2 is 1.86 bits per heavy atom. The molecule has 22 heavy (non-hydrogen) atoms. The molecule has 2 aromatic heterocycles. The van der Waals surface area contributed by atoms with Crippen molar-refractivity contribution in [3.63, 3.8) is 0 Å². The standard InChI is InChI=1S/C15H16ClN3.C2H4O/c16-8-4-1-5-9-19-11-18-14-10-17-13-7-3-2-6-12(13)15(14)19;1-2-3-1/h2-3,6-7,10-11H,1,4-5,8-9H2;1-2H2. The van der Waals surface area contributed by atoms with E-state index >= 15 is 0 Å². The Balaban J connectivity index is 0.000000429. The highest BCUT2D eigenvalue weighted by molar-refractivity contribution is 6.17. The van der Waals surface area contributed by atoms with Gasteiger partial charge in [-0.2, -0.15) is 0 Å². The Labute approximate surface area is 135 Å². The van der Waals surface area contributed by atoms with Crippen molar-refractivity contribution in [2.75, 3.05) is 19.1 Å². The molecule has 0 amide bonds. The molecule has 0 unspecified atom stereocenters. The number of aromatic nitrogens is 3. The fourth-order valence-corrected chi connectivity index (χ4v) is 2.61. The SMILES string of the molecule is C1CO1.ClCCCCCn1cnc2cnc3ccccc3c21.